The molecule has 1 atom stereocenters. The van der Waals surface area contributed by atoms with E-state index in [1.165, 1.54) is 23.9 Å². The van der Waals surface area contributed by atoms with Crippen LogP contribution in [0.1, 0.15) is 18.1 Å². The number of amides is 1. The molecule has 1 saturated heterocycles. The third-order valence-electron chi connectivity index (χ3n) is 4.07. The lowest BCUT2D eigenvalue weighted by molar-refractivity contribution is -0.137. The monoisotopic (exact) mass is 346 g/mol. The van der Waals surface area contributed by atoms with Crippen LogP contribution in [0.3, 0.4) is 0 Å². The minimum absolute atomic E-state index is 0.0311. The Balaban J connectivity index is 1.86. The van der Waals surface area contributed by atoms with Crippen molar-refractivity contribution in [3.8, 4) is 0 Å². The van der Waals surface area contributed by atoms with Gasteiger partial charge in [-0.3, -0.25) is 9.69 Å². The van der Waals surface area contributed by atoms with Crippen molar-refractivity contribution in [3.63, 3.8) is 0 Å². The van der Waals surface area contributed by atoms with E-state index in [0.717, 1.165) is 30.8 Å². The predicted octanol–water partition coefficient (Wildman–Crippen LogP) is 3.10. The molecule has 0 aliphatic carbocycles. The van der Waals surface area contributed by atoms with Gasteiger partial charge in [0.15, 0.2) is 0 Å². The third kappa shape index (κ3) is 4.88. The van der Waals surface area contributed by atoms with E-state index in [1.807, 2.05) is 18.1 Å². The van der Waals surface area contributed by atoms with E-state index >= 15 is 0 Å². The molecule has 3 nitrogen and oxygen atoms in total. The number of benzene rings is 1. The van der Waals surface area contributed by atoms with Crippen molar-refractivity contribution >= 4 is 17.7 Å². The highest BCUT2D eigenvalue weighted by molar-refractivity contribution is 7.99. The molecular weight excluding hydrogens is 325 g/mol. The van der Waals surface area contributed by atoms with E-state index in [-0.39, 0.29) is 11.2 Å². The van der Waals surface area contributed by atoms with Gasteiger partial charge in [0.1, 0.15) is 0 Å². The summed E-state index contributed by atoms with van der Waals surface area (Å²) in [7, 11) is 0. The average Bonchev–Trinajstić information content (AvgIpc) is 2.54. The first-order valence-electron chi connectivity index (χ1n) is 7.51. The summed E-state index contributed by atoms with van der Waals surface area (Å²) in [5.41, 5.74) is 0.234. The summed E-state index contributed by atoms with van der Waals surface area (Å²) in [5.74, 6) is 0.159. The van der Waals surface area contributed by atoms with Crippen LogP contribution in [0.2, 0.25) is 0 Å². The first-order valence-corrected chi connectivity index (χ1v) is 8.80. The molecule has 0 radical (unpaired) electrons. The zero-order chi connectivity index (χ0) is 17.0. The maximum Gasteiger partial charge on any atom is 0.416 e. The van der Waals surface area contributed by atoms with Crippen LogP contribution in [-0.4, -0.2) is 53.4 Å². The Morgan fingerprint density at radius 3 is 2.22 bits per heavy atom. The Hall–Kier alpha value is -1.21. The number of nitrogens with zero attached hydrogens (tertiary/aromatic N) is 2. The molecule has 0 aromatic heterocycles. The second kappa shape index (κ2) is 7.57. The van der Waals surface area contributed by atoms with Crippen LogP contribution in [0.5, 0.6) is 0 Å². The Morgan fingerprint density at radius 2 is 1.74 bits per heavy atom. The van der Waals surface area contributed by atoms with Gasteiger partial charge in [0.05, 0.1) is 10.8 Å². The molecular formula is C16H21F3N2OS. The predicted molar refractivity (Wildman–Crippen MR) is 86.3 cm³/mol. The van der Waals surface area contributed by atoms with E-state index in [1.54, 1.807) is 0 Å². The summed E-state index contributed by atoms with van der Waals surface area (Å²) in [6, 6.07) is 5.29. The summed E-state index contributed by atoms with van der Waals surface area (Å²) in [6.45, 7) is 5.34. The van der Waals surface area contributed by atoms with Crippen LogP contribution >= 0.6 is 11.8 Å². The van der Waals surface area contributed by atoms with Crippen LogP contribution in [-0.2, 0) is 17.5 Å². The van der Waals surface area contributed by atoms with E-state index < -0.39 is 11.7 Å². The molecule has 0 N–H and O–H groups in total. The molecule has 23 heavy (non-hydrogen) atoms. The van der Waals surface area contributed by atoms with Crippen molar-refractivity contribution < 1.29 is 18.0 Å². The minimum Gasteiger partial charge on any atom is -0.339 e. The first-order chi connectivity index (χ1) is 10.8. The number of alkyl halides is 3. The number of carbonyl (C=O) groups excluding carboxylic acids is 1. The van der Waals surface area contributed by atoms with E-state index in [2.05, 4.69) is 4.90 Å². The highest BCUT2D eigenvalue weighted by Crippen LogP contribution is 2.29. The third-order valence-corrected chi connectivity index (χ3v) is 4.98. The number of hydrogen-bond donors (Lipinski definition) is 0. The van der Waals surface area contributed by atoms with Crippen LogP contribution in [0.15, 0.2) is 24.3 Å². The highest BCUT2D eigenvalue weighted by atomic mass is 32.2. The minimum atomic E-state index is -4.29. The average molecular weight is 346 g/mol. The summed E-state index contributed by atoms with van der Waals surface area (Å²) in [4.78, 5) is 16.1. The number of halogens is 3. The Bertz CT molecular complexity index is 525. The molecule has 1 heterocycles. The molecule has 7 heteroatoms. The van der Waals surface area contributed by atoms with Gasteiger partial charge in [-0.2, -0.15) is 24.9 Å². The van der Waals surface area contributed by atoms with Gasteiger partial charge in [0, 0.05) is 32.7 Å². The standard InChI is InChI=1S/C16H21F3N2OS/c1-12(23-2)15(22)21-9-7-20(8-10-21)11-13-3-5-14(6-4-13)16(17,18)19/h3-6,12H,7-11H2,1-2H3/t12-/m0/s1. The van der Waals surface area contributed by atoms with E-state index in [0.29, 0.717) is 19.6 Å². The number of carbonyl (C=O) groups is 1. The normalized spacial score (nSPS) is 18.0. The molecule has 1 aromatic rings. The zero-order valence-electron chi connectivity index (χ0n) is 13.3. The lowest BCUT2D eigenvalue weighted by Gasteiger charge is -2.35. The molecule has 1 aromatic carbocycles. The smallest absolute Gasteiger partial charge is 0.339 e. The first kappa shape index (κ1) is 18.1. The largest absolute Gasteiger partial charge is 0.416 e. The fourth-order valence-electron chi connectivity index (χ4n) is 2.54. The Morgan fingerprint density at radius 1 is 1.17 bits per heavy atom. The van der Waals surface area contributed by atoms with Crippen molar-refractivity contribution in [2.24, 2.45) is 0 Å². The van der Waals surface area contributed by atoms with Gasteiger partial charge in [-0.25, -0.2) is 0 Å². The SMILES string of the molecule is CS[C@@H](C)C(=O)N1CCN(Cc2ccc(C(F)(F)F)cc2)CC1. The van der Waals surface area contributed by atoms with Crippen molar-refractivity contribution in [3.05, 3.63) is 35.4 Å². The van der Waals surface area contributed by atoms with Crippen LogP contribution in [0.4, 0.5) is 13.2 Å². The number of hydrogen-bond acceptors (Lipinski definition) is 3. The maximum absolute atomic E-state index is 12.5. The molecule has 1 amide bonds. The number of thioether (sulfide) groups is 1. The van der Waals surface area contributed by atoms with E-state index in [9.17, 15) is 18.0 Å². The van der Waals surface area contributed by atoms with Crippen molar-refractivity contribution in [1.29, 1.82) is 0 Å². The van der Waals surface area contributed by atoms with Gasteiger partial charge in [-0.05, 0) is 30.9 Å². The maximum atomic E-state index is 12.5. The molecule has 0 bridgehead atoms. The van der Waals surface area contributed by atoms with Gasteiger partial charge >= 0.3 is 6.18 Å². The highest BCUT2D eigenvalue weighted by Gasteiger charge is 2.30. The lowest BCUT2D eigenvalue weighted by Crippen LogP contribution is -2.50. The van der Waals surface area contributed by atoms with Gasteiger partial charge in [0.2, 0.25) is 5.91 Å². The lowest BCUT2D eigenvalue weighted by atomic mass is 10.1. The van der Waals surface area contributed by atoms with Gasteiger partial charge in [-0.15, -0.1) is 0 Å². The number of piperazine rings is 1. The molecule has 0 saturated carbocycles. The van der Waals surface area contributed by atoms with E-state index in [4.69, 9.17) is 0 Å². The topological polar surface area (TPSA) is 23.6 Å². The molecule has 128 valence electrons. The quantitative estimate of drug-likeness (QED) is 0.837. The molecule has 1 aliphatic heterocycles. The van der Waals surface area contributed by atoms with Crippen molar-refractivity contribution in [2.75, 3.05) is 32.4 Å². The second-order valence-corrected chi connectivity index (χ2v) is 6.85. The zero-order valence-corrected chi connectivity index (χ0v) is 14.1. The fraction of sp³-hybridized carbons (Fsp3) is 0.562. The Labute approximate surface area is 138 Å². The van der Waals surface area contributed by atoms with Crippen molar-refractivity contribution in [2.45, 2.75) is 24.9 Å². The molecule has 2 rings (SSSR count). The molecule has 0 spiro atoms. The van der Waals surface area contributed by atoms with Crippen LogP contribution in [0, 0.1) is 0 Å². The van der Waals surface area contributed by atoms with Gasteiger partial charge < -0.3 is 4.90 Å². The summed E-state index contributed by atoms with van der Waals surface area (Å²) >= 11 is 1.54. The fourth-order valence-corrected chi connectivity index (χ4v) is 2.89. The molecule has 1 aliphatic rings. The van der Waals surface area contributed by atoms with Gasteiger partial charge in [0.25, 0.3) is 0 Å². The van der Waals surface area contributed by atoms with Crippen LogP contribution < -0.4 is 0 Å². The van der Waals surface area contributed by atoms with Gasteiger partial charge in [-0.1, -0.05) is 12.1 Å². The summed E-state index contributed by atoms with van der Waals surface area (Å²) in [5, 5.41) is -0.0311. The Kier molecular flexibility index (Phi) is 5.97. The molecule has 0 unspecified atom stereocenters. The summed E-state index contributed by atoms with van der Waals surface area (Å²) in [6.07, 6.45) is -2.37. The number of rotatable bonds is 4. The summed E-state index contributed by atoms with van der Waals surface area (Å²) < 4.78 is 37.6. The second-order valence-electron chi connectivity index (χ2n) is 5.67. The van der Waals surface area contributed by atoms with Crippen LogP contribution in [0.25, 0.3) is 0 Å². The van der Waals surface area contributed by atoms with Crippen molar-refractivity contribution in [1.82, 2.24) is 9.80 Å². The molecule has 1 fully saturated rings.